The van der Waals surface area contributed by atoms with Crippen LogP contribution in [0.25, 0.3) is 0 Å². The summed E-state index contributed by atoms with van der Waals surface area (Å²) in [6, 6.07) is 1.69. The summed E-state index contributed by atoms with van der Waals surface area (Å²) in [7, 11) is 3.54. The number of likely N-dealkylation sites (N-methyl/N-ethyl adjacent to an activating group) is 1. The largest absolute Gasteiger partial charge is 0.388 e. The number of rotatable bonds is 5. The molecule has 82 valence electrons. The van der Waals surface area contributed by atoms with Gasteiger partial charge in [-0.25, -0.2) is 9.97 Å². The molecule has 0 spiro atoms. The van der Waals surface area contributed by atoms with Gasteiger partial charge in [0.05, 0.1) is 6.61 Å². The Morgan fingerprint density at radius 3 is 3.00 bits per heavy atom. The van der Waals surface area contributed by atoms with Crippen molar-refractivity contribution in [3.63, 3.8) is 0 Å². The molecule has 2 N–H and O–H groups in total. The molecular weight excluding hydrogens is 212 g/mol. The molecule has 1 aromatic heterocycles. The fraction of sp³-hybridized carbons (Fsp3) is 0.444. The second-order valence-electron chi connectivity index (χ2n) is 3.02. The Morgan fingerprint density at radius 1 is 1.67 bits per heavy atom. The van der Waals surface area contributed by atoms with E-state index in [4.69, 9.17) is 22.7 Å². The molecule has 0 fully saturated rings. The smallest absolute Gasteiger partial charge is 0.225 e. The zero-order valence-electron chi connectivity index (χ0n) is 8.80. The average molecular weight is 226 g/mol. The Hall–Kier alpha value is -1.27. The van der Waals surface area contributed by atoms with Gasteiger partial charge in [-0.1, -0.05) is 12.2 Å². The molecule has 0 atom stereocenters. The Bertz CT molecular complexity index is 345. The van der Waals surface area contributed by atoms with E-state index in [0.717, 1.165) is 6.54 Å². The maximum atomic E-state index is 5.48. The molecular formula is C9H14N4OS. The highest BCUT2D eigenvalue weighted by atomic mass is 32.1. The van der Waals surface area contributed by atoms with Gasteiger partial charge in [-0.15, -0.1) is 0 Å². The van der Waals surface area contributed by atoms with E-state index >= 15 is 0 Å². The molecule has 0 amide bonds. The average Bonchev–Trinajstić information content (AvgIpc) is 2.26. The van der Waals surface area contributed by atoms with E-state index in [-0.39, 0.29) is 4.99 Å². The maximum Gasteiger partial charge on any atom is 0.225 e. The van der Waals surface area contributed by atoms with Gasteiger partial charge >= 0.3 is 0 Å². The standard InChI is InChI=1S/C9H14N4OS/c1-13(5-6-14-2)9-11-4-3-7(12-9)8(10)15/h3-4H,5-6H2,1-2H3,(H2,10,15). The predicted octanol–water partition coefficient (Wildman–Crippen LogP) is 0.193. The summed E-state index contributed by atoms with van der Waals surface area (Å²) in [4.78, 5) is 10.5. The minimum absolute atomic E-state index is 0.277. The summed E-state index contributed by atoms with van der Waals surface area (Å²) in [6.07, 6.45) is 1.64. The van der Waals surface area contributed by atoms with Crippen LogP contribution in [0.1, 0.15) is 5.69 Å². The first kappa shape index (κ1) is 11.8. The van der Waals surface area contributed by atoms with Crippen LogP contribution in [-0.4, -0.2) is 42.3 Å². The monoisotopic (exact) mass is 226 g/mol. The Balaban J connectivity index is 2.76. The van der Waals surface area contributed by atoms with E-state index in [1.807, 2.05) is 11.9 Å². The first-order valence-electron chi connectivity index (χ1n) is 4.48. The molecule has 0 radical (unpaired) electrons. The van der Waals surface area contributed by atoms with Crippen LogP contribution in [-0.2, 0) is 4.74 Å². The number of aromatic nitrogens is 2. The van der Waals surface area contributed by atoms with Crippen molar-refractivity contribution < 1.29 is 4.74 Å². The van der Waals surface area contributed by atoms with Gasteiger partial charge in [-0.2, -0.15) is 0 Å². The van der Waals surface area contributed by atoms with Gasteiger partial charge in [-0.05, 0) is 6.07 Å². The van der Waals surface area contributed by atoms with E-state index in [9.17, 15) is 0 Å². The highest BCUT2D eigenvalue weighted by Crippen LogP contribution is 2.04. The lowest BCUT2D eigenvalue weighted by Gasteiger charge is -2.16. The molecule has 1 rings (SSSR count). The van der Waals surface area contributed by atoms with Crippen molar-refractivity contribution in [1.82, 2.24) is 9.97 Å². The van der Waals surface area contributed by atoms with Crippen LogP contribution < -0.4 is 10.6 Å². The number of hydrogen-bond acceptors (Lipinski definition) is 5. The highest BCUT2D eigenvalue weighted by molar-refractivity contribution is 7.80. The van der Waals surface area contributed by atoms with Gasteiger partial charge < -0.3 is 15.4 Å². The third-order valence-corrected chi connectivity index (χ3v) is 2.08. The highest BCUT2D eigenvalue weighted by Gasteiger charge is 2.05. The first-order chi connectivity index (χ1) is 7.15. The van der Waals surface area contributed by atoms with Crippen LogP contribution in [0.2, 0.25) is 0 Å². The second kappa shape index (κ2) is 5.57. The summed E-state index contributed by atoms with van der Waals surface area (Å²) in [5.41, 5.74) is 6.06. The zero-order valence-corrected chi connectivity index (χ0v) is 9.62. The molecule has 15 heavy (non-hydrogen) atoms. The maximum absolute atomic E-state index is 5.48. The van der Waals surface area contributed by atoms with Crippen LogP contribution in [0.3, 0.4) is 0 Å². The second-order valence-corrected chi connectivity index (χ2v) is 3.46. The number of methoxy groups -OCH3 is 1. The van der Waals surface area contributed by atoms with E-state index < -0.39 is 0 Å². The molecule has 5 nitrogen and oxygen atoms in total. The molecule has 6 heteroatoms. The zero-order chi connectivity index (χ0) is 11.3. The van der Waals surface area contributed by atoms with Gasteiger partial charge in [0.25, 0.3) is 0 Å². The van der Waals surface area contributed by atoms with E-state index in [2.05, 4.69) is 9.97 Å². The third kappa shape index (κ3) is 3.41. The summed E-state index contributed by atoms with van der Waals surface area (Å²) in [5, 5.41) is 0. The number of ether oxygens (including phenoxy) is 1. The predicted molar refractivity (Wildman–Crippen MR) is 63.1 cm³/mol. The lowest BCUT2D eigenvalue weighted by Crippen LogP contribution is -2.25. The number of hydrogen-bond donors (Lipinski definition) is 1. The van der Waals surface area contributed by atoms with Crippen molar-refractivity contribution in [3.8, 4) is 0 Å². The van der Waals surface area contributed by atoms with Crippen molar-refractivity contribution >= 4 is 23.2 Å². The minimum Gasteiger partial charge on any atom is -0.388 e. The van der Waals surface area contributed by atoms with Crippen LogP contribution in [0.4, 0.5) is 5.95 Å². The van der Waals surface area contributed by atoms with Gasteiger partial charge in [0.15, 0.2) is 0 Å². The van der Waals surface area contributed by atoms with Crippen LogP contribution >= 0.6 is 12.2 Å². The lowest BCUT2D eigenvalue weighted by atomic mass is 10.4. The van der Waals surface area contributed by atoms with Crippen LogP contribution in [0.5, 0.6) is 0 Å². The molecule has 0 saturated carbocycles. The molecule has 1 heterocycles. The number of anilines is 1. The first-order valence-corrected chi connectivity index (χ1v) is 4.89. The van der Waals surface area contributed by atoms with Crippen molar-refractivity contribution in [3.05, 3.63) is 18.0 Å². The normalized spacial score (nSPS) is 10.0. The third-order valence-electron chi connectivity index (χ3n) is 1.87. The fourth-order valence-electron chi connectivity index (χ4n) is 0.998. The van der Waals surface area contributed by atoms with Gasteiger partial charge in [0, 0.05) is 26.9 Å². The number of nitrogens with two attached hydrogens (primary N) is 1. The van der Waals surface area contributed by atoms with Gasteiger partial charge in [0.1, 0.15) is 10.7 Å². The summed E-state index contributed by atoms with van der Waals surface area (Å²) in [6.45, 7) is 1.34. The summed E-state index contributed by atoms with van der Waals surface area (Å²) in [5.74, 6) is 0.595. The molecule has 1 aromatic rings. The van der Waals surface area contributed by atoms with Crippen molar-refractivity contribution in [1.29, 1.82) is 0 Å². The lowest BCUT2D eigenvalue weighted by molar-refractivity contribution is 0.206. The van der Waals surface area contributed by atoms with Crippen molar-refractivity contribution in [2.75, 3.05) is 32.2 Å². The van der Waals surface area contributed by atoms with Crippen molar-refractivity contribution in [2.45, 2.75) is 0 Å². The number of nitrogens with zero attached hydrogens (tertiary/aromatic N) is 3. The van der Waals surface area contributed by atoms with E-state index in [0.29, 0.717) is 18.2 Å². The van der Waals surface area contributed by atoms with E-state index in [1.165, 1.54) is 0 Å². The molecule has 0 aliphatic rings. The fourth-order valence-corrected chi connectivity index (χ4v) is 1.11. The molecule has 0 unspecified atom stereocenters. The molecule has 0 bridgehead atoms. The Kier molecular flexibility index (Phi) is 4.38. The van der Waals surface area contributed by atoms with Gasteiger partial charge in [-0.3, -0.25) is 0 Å². The topological polar surface area (TPSA) is 64.3 Å². The molecule has 0 aliphatic heterocycles. The molecule has 0 aromatic carbocycles. The SMILES string of the molecule is COCCN(C)c1nccc(C(N)=S)n1. The van der Waals surface area contributed by atoms with E-state index in [1.54, 1.807) is 19.4 Å². The van der Waals surface area contributed by atoms with Crippen LogP contribution in [0.15, 0.2) is 12.3 Å². The Morgan fingerprint density at radius 2 is 2.40 bits per heavy atom. The minimum atomic E-state index is 0.277. The molecule has 0 aliphatic carbocycles. The summed E-state index contributed by atoms with van der Waals surface area (Å²) < 4.78 is 4.96. The van der Waals surface area contributed by atoms with Crippen molar-refractivity contribution in [2.24, 2.45) is 5.73 Å². The quantitative estimate of drug-likeness (QED) is 0.723. The van der Waals surface area contributed by atoms with Crippen LogP contribution in [0, 0.1) is 0 Å². The van der Waals surface area contributed by atoms with Gasteiger partial charge in [0.2, 0.25) is 5.95 Å². The molecule has 0 saturated heterocycles. The Labute approximate surface area is 94.3 Å². The number of thiocarbonyl (C=S) groups is 1. The summed E-state index contributed by atoms with van der Waals surface area (Å²) >= 11 is 4.84.